The van der Waals surface area contributed by atoms with Crippen LogP contribution >= 0.6 is 0 Å². The van der Waals surface area contributed by atoms with Gasteiger partial charge in [-0.2, -0.15) is 0 Å². The Bertz CT molecular complexity index is 116. The fraction of sp³-hybridized carbons (Fsp3) is 0.429. The molecule has 0 fully saturated rings. The van der Waals surface area contributed by atoms with Crippen molar-refractivity contribution in [3.63, 3.8) is 0 Å². The summed E-state index contributed by atoms with van der Waals surface area (Å²) in [5, 5.41) is 0. The van der Waals surface area contributed by atoms with Crippen LogP contribution in [0, 0.1) is 0 Å². The molecule has 0 saturated heterocycles. The Hall–Kier alpha value is -0.630. The molecule has 0 bridgehead atoms. The second-order valence-electron chi connectivity index (χ2n) is 1.62. The average Bonchev–Trinajstić information content (AvgIpc) is 1.91. The molecule has 0 aliphatic rings. The minimum absolute atomic E-state index is 0.419. The zero-order valence-corrected chi connectivity index (χ0v) is 5.60. The largest absolute Gasteiger partial charge is 0.327 e. The summed E-state index contributed by atoms with van der Waals surface area (Å²) in [4.78, 5) is 0. The fourth-order valence-electron chi connectivity index (χ4n) is 0.478. The van der Waals surface area contributed by atoms with Gasteiger partial charge in [-0.15, -0.1) is 0 Å². The molecule has 0 amide bonds. The molecule has 0 unspecified atom stereocenters. The molecule has 0 atom stereocenters. The van der Waals surface area contributed by atoms with Crippen molar-refractivity contribution in [2.45, 2.75) is 6.92 Å². The molecule has 2 N–H and O–H groups in total. The number of alkyl halides is 1. The van der Waals surface area contributed by atoms with Crippen molar-refractivity contribution in [3.8, 4) is 0 Å². The van der Waals surface area contributed by atoms with E-state index in [2.05, 4.69) is 0 Å². The van der Waals surface area contributed by atoms with Gasteiger partial charge in [0.05, 0.1) is 0 Å². The van der Waals surface area contributed by atoms with Gasteiger partial charge in [-0.05, 0) is 12.5 Å². The molecular formula is C7H12FN. The standard InChI is InChI=1S/C7H12FN/c1-2-7(6-9)4-3-5-8/h2-4H,5-6,9H2,1H3/b4-3-,7-2+. The van der Waals surface area contributed by atoms with Crippen LogP contribution in [0.15, 0.2) is 23.8 Å². The number of nitrogens with two attached hydrogens (primary N) is 1. The first-order valence-electron chi connectivity index (χ1n) is 2.93. The molecule has 0 heterocycles. The number of rotatable bonds is 3. The van der Waals surface area contributed by atoms with Crippen LogP contribution in [-0.2, 0) is 0 Å². The van der Waals surface area contributed by atoms with E-state index in [-0.39, 0.29) is 0 Å². The monoisotopic (exact) mass is 129 g/mol. The smallest absolute Gasteiger partial charge is 0.108 e. The first-order chi connectivity index (χ1) is 4.35. The average molecular weight is 129 g/mol. The van der Waals surface area contributed by atoms with Crippen LogP contribution in [0.2, 0.25) is 0 Å². The predicted molar refractivity (Wildman–Crippen MR) is 37.9 cm³/mol. The van der Waals surface area contributed by atoms with E-state index in [9.17, 15) is 4.39 Å². The Kier molecular flexibility index (Phi) is 5.12. The highest BCUT2D eigenvalue weighted by atomic mass is 19.1. The van der Waals surface area contributed by atoms with E-state index < -0.39 is 6.67 Å². The van der Waals surface area contributed by atoms with Crippen molar-refractivity contribution in [2.24, 2.45) is 5.73 Å². The van der Waals surface area contributed by atoms with Gasteiger partial charge in [0, 0.05) is 6.54 Å². The van der Waals surface area contributed by atoms with Crippen molar-refractivity contribution >= 4 is 0 Å². The summed E-state index contributed by atoms with van der Waals surface area (Å²) in [5.41, 5.74) is 6.25. The molecule has 9 heavy (non-hydrogen) atoms. The molecule has 0 aliphatic carbocycles. The lowest BCUT2D eigenvalue weighted by Crippen LogP contribution is -2.00. The van der Waals surface area contributed by atoms with E-state index in [4.69, 9.17) is 5.73 Å². The summed E-state index contributed by atoms with van der Waals surface area (Å²) < 4.78 is 11.5. The molecule has 0 radical (unpaired) electrons. The van der Waals surface area contributed by atoms with Gasteiger partial charge >= 0.3 is 0 Å². The molecule has 0 aromatic rings. The fourth-order valence-corrected chi connectivity index (χ4v) is 0.478. The number of halogens is 1. The second-order valence-corrected chi connectivity index (χ2v) is 1.62. The van der Waals surface area contributed by atoms with Gasteiger partial charge in [0.25, 0.3) is 0 Å². The Balaban J connectivity index is 3.70. The van der Waals surface area contributed by atoms with Crippen LogP contribution in [0.5, 0.6) is 0 Å². The molecule has 0 spiro atoms. The van der Waals surface area contributed by atoms with E-state index in [0.717, 1.165) is 5.57 Å². The van der Waals surface area contributed by atoms with E-state index >= 15 is 0 Å². The van der Waals surface area contributed by atoms with Gasteiger partial charge < -0.3 is 5.73 Å². The third-order valence-corrected chi connectivity index (χ3v) is 1.03. The second kappa shape index (κ2) is 5.51. The molecule has 0 aromatic heterocycles. The van der Waals surface area contributed by atoms with Crippen molar-refractivity contribution in [2.75, 3.05) is 13.2 Å². The summed E-state index contributed by atoms with van der Waals surface area (Å²) in [6, 6.07) is 0. The summed E-state index contributed by atoms with van der Waals surface area (Å²) in [6.45, 7) is 1.94. The van der Waals surface area contributed by atoms with Crippen LogP contribution < -0.4 is 5.73 Å². The minimum Gasteiger partial charge on any atom is -0.327 e. The van der Waals surface area contributed by atoms with Crippen LogP contribution in [0.4, 0.5) is 4.39 Å². The Morgan fingerprint density at radius 1 is 1.67 bits per heavy atom. The SMILES string of the molecule is C/C=C(\C=C/CF)CN. The number of allylic oxidation sites excluding steroid dienone is 2. The lowest BCUT2D eigenvalue weighted by molar-refractivity contribution is 0.561. The van der Waals surface area contributed by atoms with Gasteiger partial charge in [0.2, 0.25) is 0 Å². The first kappa shape index (κ1) is 8.37. The van der Waals surface area contributed by atoms with E-state index in [1.54, 1.807) is 6.08 Å². The Morgan fingerprint density at radius 3 is 2.67 bits per heavy atom. The van der Waals surface area contributed by atoms with Crippen molar-refractivity contribution in [3.05, 3.63) is 23.8 Å². The quantitative estimate of drug-likeness (QED) is 0.573. The van der Waals surface area contributed by atoms with Crippen LogP contribution in [0.1, 0.15) is 6.92 Å². The van der Waals surface area contributed by atoms with E-state index in [1.165, 1.54) is 6.08 Å². The molecule has 0 saturated carbocycles. The third kappa shape index (κ3) is 3.91. The summed E-state index contributed by atoms with van der Waals surface area (Å²) in [5.74, 6) is 0. The zero-order valence-electron chi connectivity index (χ0n) is 5.60. The van der Waals surface area contributed by atoms with Gasteiger partial charge in [0.15, 0.2) is 0 Å². The molecule has 0 rings (SSSR count). The van der Waals surface area contributed by atoms with Crippen molar-refractivity contribution in [1.29, 1.82) is 0 Å². The zero-order chi connectivity index (χ0) is 7.11. The topological polar surface area (TPSA) is 26.0 Å². The van der Waals surface area contributed by atoms with E-state index in [0.29, 0.717) is 6.54 Å². The van der Waals surface area contributed by atoms with Crippen LogP contribution in [-0.4, -0.2) is 13.2 Å². The van der Waals surface area contributed by atoms with Crippen LogP contribution in [0.3, 0.4) is 0 Å². The predicted octanol–water partition coefficient (Wildman–Crippen LogP) is 1.42. The van der Waals surface area contributed by atoms with Gasteiger partial charge in [0.1, 0.15) is 6.67 Å². The van der Waals surface area contributed by atoms with Gasteiger partial charge in [-0.1, -0.05) is 18.2 Å². The van der Waals surface area contributed by atoms with Gasteiger partial charge in [-0.25, -0.2) is 4.39 Å². The first-order valence-corrected chi connectivity index (χ1v) is 2.93. The molecular weight excluding hydrogens is 117 g/mol. The van der Waals surface area contributed by atoms with E-state index in [1.807, 2.05) is 13.0 Å². The summed E-state index contributed by atoms with van der Waals surface area (Å²) in [7, 11) is 0. The highest BCUT2D eigenvalue weighted by Crippen LogP contribution is 1.92. The highest BCUT2D eigenvalue weighted by molar-refractivity contribution is 5.18. The maximum absolute atomic E-state index is 11.5. The maximum atomic E-state index is 11.5. The van der Waals surface area contributed by atoms with Crippen molar-refractivity contribution in [1.82, 2.24) is 0 Å². The Labute approximate surface area is 55.1 Å². The normalized spacial score (nSPS) is 13.0. The third-order valence-electron chi connectivity index (χ3n) is 1.03. The minimum atomic E-state index is -0.419. The van der Waals surface area contributed by atoms with Gasteiger partial charge in [-0.3, -0.25) is 0 Å². The maximum Gasteiger partial charge on any atom is 0.108 e. The number of hydrogen-bond donors (Lipinski definition) is 1. The van der Waals surface area contributed by atoms with Crippen molar-refractivity contribution < 1.29 is 4.39 Å². The molecule has 0 aromatic carbocycles. The van der Waals surface area contributed by atoms with Crippen LogP contribution in [0.25, 0.3) is 0 Å². The number of hydrogen-bond acceptors (Lipinski definition) is 1. The molecule has 2 heteroatoms. The summed E-state index contributed by atoms with van der Waals surface area (Å²) in [6.07, 6.45) is 5.01. The lowest BCUT2D eigenvalue weighted by Gasteiger charge is -1.91. The highest BCUT2D eigenvalue weighted by Gasteiger charge is 1.81. The molecule has 1 nitrogen and oxygen atoms in total. The Morgan fingerprint density at radius 2 is 2.33 bits per heavy atom. The lowest BCUT2D eigenvalue weighted by atomic mass is 10.2. The molecule has 0 aliphatic heterocycles. The molecule has 52 valence electrons. The summed E-state index contributed by atoms with van der Waals surface area (Å²) >= 11 is 0.